The smallest absolute Gasteiger partial charge is 0.300 e. The van der Waals surface area contributed by atoms with Crippen molar-refractivity contribution in [2.45, 2.75) is 13.8 Å². The van der Waals surface area contributed by atoms with Crippen molar-refractivity contribution >= 4 is 17.4 Å². The second-order valence-electron chi connectivity index (χ2n) is 5.02. The Labute approximate surface area is 123 Å². The number of ether oxygens (including phenoxy) is 1. The standard InChI is InChI=1S/C13H20N4O4/c1-9(2)8-16(4-5-21-3)13(18)10-6-12(14)15-7-11(10)17(19)20/h6-7,9H,4-5,8H2,1-3H3,(H2,14,15). The van der Waals surface area contributed by atoms with Crippen LogP contribution in [0.25, 0.3) is 0 Å². The molecular weight excluding hydrogens is 276 g/mol. The molecule has 21 heavy (non-hydrogen) atoms. The average Bonchev–Trinajstić information content (AvgIpc) is 2.41. The van der Waals surface area contributed by atoms with Gasteiger partial charge in [-0.2, -0.15) is 0 Å². The van der Waals surface area contributed by atoms with Crippen molar-refractivity contribution in [3.63, 3.8) is 0 Å². The van der Waals surface area contributed by atoms with Crippen LogP contribution in [0, 0.1) is 16.0 Å². The minimum Gasteiger partial charge on any atom is -0.384 e. The summed E-state index contributed by atoms with van der Waals surface area (Å²) in [6, 6.07) is 1.24. The number of hydrogen-bond donors (Lipinski definition) is 1. The Bertz CT molecular complexity index is 519. The molecule has 8 nitrogen and oxygen atoms in total. The Hall–Kier alpha value is -2.22. The number of hydrogen-bond acceptors (Lipinski definition) is 6. The highest BCUT2D eigenvalue weighted by molar-refractivity contribution is 5.98. The van der Waals surface area contributed by atoms with Crippen molar-refractivity contribution in [1.82, 2.24) is 9.88 Å². The summed E-state index contributed by atoms with van der Waals surface area (Å²) in [6.45, 7) is 5.10. The van der Waals surface area contributed by atoms with Crippen LogP contribution in [-0.4, -0.2) is 47.5 Å². The van der Waals surface area contributed by atoms with E-state index in [-0.39, 0.29) is 23.0 Å². The van der Waals surface area contributed by atoms with E-state index < -0.39 is 10.8 Å². The van der Waals surface area contributed by atoms with Gasteiger partial charge in [-0.15, -0.1) is 0 Å². The highest BCUT2D eigenvalue weighted by Gasteiger charge is 2.26. The number of pyridine rings is 1. The lowest BCUT2D eigenvalue weighted by atomic mass is 10.1. The number of amides is 1. The van der Waals surface area contributed by atoms with Crippen LogP contribution in [0.15, 0.2) is 12.3 Å². The van der Waals surface area contributed by atoms with Gasteiger partial charge in [0, 0.05) is 20.2 Å². The molecule has 1 aromatic heterocycles. The highest BCUT2D eigenvalue weighted by atomic mass is 16.6. The van der Waals surface area contributed by atoms with Crippen LogP contribution in [0.4, 0.5) is 11.5 Å². The van der Waals surface area contributed by atoms with Gasteiger partial charge in [0.25, 0.3) is 11.6 Å². The number of nitrogen functional groups attached to an aromatic ring is 1. The third kappa shape index (κ3) is 4.67. The van der Waals surface area contributed by atoms with Crippen molar-refractivity contribution in [2.75, 3.05) is 32.5 Å². The van der Waals surface area contributed by atoms with Crippen LogP contribution in [0.2, 0.25) is 0 Å². The SMILES string of the molecule is COCCN(CC(C)C)C(=O)c1cc(N)ncc1[N+](=O)[O-]. The summed E-state index contributed by atoms with van der Waals surface area (Å²) in [4.78, 5) is 28.1. The summed E-state index contributed by atoms with van der Waals surface area (Å²) in [5, 5.41) is 11.0. The van der Waals surface area contributed by atoms with Gasteiger partial charge >= 0.3 is 0 Å². The molecule has 0 saturated heterocycles. The largest absolute Gasteiger partial charge is 0.384 e. The predicted octanol–water partition coefficient (Wildman–Crippen LogP) is 1.32. The minimum atomic E-state index is -0.635. The number of anilines is 1. The van der Waals surface area contributed by atoms with Gasteiger partial charge in [0.05, 0.1) is 11.5 Å². The van der Waals surface area contributed by atoms with E-state index >= 15 is 0 Å². The van der Waals surface area contributed by atoms with E-state index in [0.29, 0.717) is 19.7 Å². The molecular formula is C13H20N4O4. The van der Waals surface area contributed by atoms with Gasteiger partial charge < -0.3 is 15.4 Å². The normalized spacial score (nSPS) is 10.7. The van der Waals surface area contributed by atoms with Crippen LogP contribution < -0.4 is 5.73 Å². The zero-order valence-electron chi connectivity index (χ0n) is 12.4. The van der Waals surface area contributed by atoms with E-state index in [1.165, 1.54) is 18.1 Å². The number of methoxy groups -OCH3 is 1. The number of nitro groups is 1. The van der Waals surface area contributed by atoms with E-state index in [2.05, 4.69) is 4.98 Å². The maximum absolute atomic E-state index is 12.5. The zero-order valence-corrected chi connectivity index (χ0v) is 12.4. The van der Waals surface area contributed by atoms with Crippen molar-refractivity contribution in [3.8, 4) is 0 Å². The van der Waals surface area contributed by atoms with Crippen LogP contribution in [0.5, 0.6) is 0 Å². The molecule has 0 bridgehead atoms. The molecule has 0 radical (unpaired) electrons. The second kappa shape index (κ2) is 7.53. The summed E-state index contributed by atoms with van der Waals surface area (Å²) < 4.78 is 4.98. The molecule has 2 N–H and O–H groups in total. The molecule has 0 aliphatic carbocycles. The number of nitrogens with two attached hydrogens (primary N) is 1. The summed E-state index contributed by atoms with van der Waals surface area (Å²) in [6.07, 6.45) is 1.01. The monoisotopic (exact) mass is 296 g/mol. The molecule has 0 atom stereocenters. The molecule has 0 aliphatic rings. The first-order valence-electron chi connectivity index (χ1n) is 6.55. The minimum absolute atomic E-state index is 0.0516. The van der Waals surface area contributed by atoms with E-state index in [4.69, 9.17) is 10.5 Å². The van der Waals surface area contributed by atoms with Gasteiger partial charge in [-0.1, -0.05) is 13.8 Å². The van der Waals surface area contributed by atoms with Gasteiger partial charge in [0.2, 0.25) is 0 Å². The Balaban J connectivity index is 3.12. The van der Waals surface area contributed by atoms with E-state index in [9.17, 15) is 14.9 Å². The molecule has 0 aromatic carbocycles. The predicted molar refractivity (Wildman–Crippen MR) is 77.9 cm³/mol. The molecule has 0 unspecified atom stereocenters. The quantitative estimate of drug-likeness (QED) is 0.600. The Morgan fingerprint density at radius 2 is 2.24 bits per heavy atom. The van der Waals surface area contributed by atoms with Gasteiger partial charge in [0.15, 0.2) is 0 Å². The summed E-state index contributed by atoms with van der Waals surface area (Å²) >= 11 is 0. The lowest BCUT2D eigenvalue weighted by Gasteiger charge is -2.24. The average molecular weight is 296 g/mol. The molecule has 0 spiro atoms. The summed E-state index contributed by atoms with van der Waals surface area (Å²) in [5.74, 6) is -0.147. The van der Waals surface area contributed by atoms with Gasteiger partial charge in [0.1, 0.15) is 17.6 Å². The first-order chi connectivity index (χ1) is 9.86. The van der Waals surface area contributed by atoms with Crippen LogP contribution in [0.1, 0.15) is 24.2 Å². The zero-order chi connectivity index (χ0) is 16.0. The molecule has 0 fully saturated rings. The number of rotatable bonds is 7. The number of carbonyl (C=O) groups excluding carboxylic acids is 1. The maximum Gasteiger partial charge on any atom is 0.300 e. The Morgan fingerprint density at radius 1 is 1.57 bits per heavy atom. The molecule has 1 amide bonds. The third-order valence-electron chi connectivity index (χ3n) is 2.77. The third-order valence-corrected chi connectivity index (χ3v) is 2.77. The molecule has 0 aliphatic heterocycles. The van der Waals surface area contributed by atoms with Crippen molar-refractivity contribution in [1.29, 1.82) is 0 Å². The molecule has 1 heterocycles. The topological polar surface area (TPSA) is 112 Å². The van der Waals surface area contributed by atoms with E-state index in [1.54, 1.807) is 0 Å². The lowest BCUT2D eigenvalue weighted by molar-refractivity contribution is -0.385. The molecule has 0 saturated carbocycles. The second-order valence-corrected chi connectivity index (χ2v) is 5.02. The van der Waals surface area contributed by atoms with Gasteiger partial charge in [-0.25, -0.2) is 4.98 Å². The Morgan fingerprint density at radius 3 is 2.76 bits per heavy atom. The van der Waals surface area contributed by atoms with E-state index in [1.807, 2.05) is 13.8 Å². The molecule has 116 valence electrons. The first-order valence-corrected chi connectivity index (χ1v) is 6.55. The summed E-state index contributed by atoms with van der Waals surface area (Å²) in [5.41, 5.74) is 5.14. The number of nitrogens with zero attached hydrogens (tertiary/aromatic N) is 3. The van der Waals surface area contributed by atoms with Crippen LogP contribution in [-0.2, 0) is 4.74 Å². The van der Waals surface area contributed by atoms with Gasteiger partial charge in [-0.3, -0.25) is 14.9 Å². The summed E-state index contributed by atoms with van der Waals surface area (Å²) in [7, 11) is 1.53. The van der Waals surface area contributed by atoms with Crippen LogP contribution in [0.3, 0.4) is 0 Å². The number of carbonyl (C=O) groups is 1. The lowest BCUT2D eigenvalue weighted by Crippen LogP contribution is -2.37. The van der Waals surface area contributed by atoms with Crippen molar-refractivity contribution in [3.05, 3.63) is 27.9 Å². The number of aromatic nitrogens is 1. The van der Waals surface area contributed by atoms with E-state index in [0.717, 1.165) is 6.20 Å². The fourth-order valence-corrected chi connectivity index (χ4v) is 1.87. The fourth-order valence-electron chi connectivity index (χ4n) is 1.87. The van der Waals surface area contributed by atoms with Crippen molar-refractivity contribution in [2.24, 2.45) is 5.92 Å². The fraction of sp³-hybridized carbons (Fsp3) is 0.538. The van der Waals surface area contributed by atoms with Crippen LogP contribution >= 0.6 is 0 Å². The van der Waals surface area contributed by atoms with Crippen molar-refractivity contribution < 1.29 is 14.5 Å². The molecule has 8 heteroatoms. The maximum atomic E-state index is 12.5. The van der Waals surface area contributed by atoms with Gasteiger partial charge in [-0.05, 0) is 12.0 Å². The first kappa shape index (κ1) is 16.8. The molecule has 1 aromatic rings. The molecule has 1 rings (SSSR count). The highest BCUT2D eigenvalue weighted by Crippen LogP contribution is 2.21. The Kier molecular flexibility index (Phi) is 6.04.